The Morgan fingerprint density at radius 1 is 1.23 bits per heavy atom. The largest absolute Gasteiger partial charge is 0.420 e. The van der Waals surface area contributed by atoms with Crippen molar-refractivity contribution in [2.45, 2.75) is 6.04 Å². The van der Waals surface area contributed by atoms with Crippen molar-refractivity contribution in [3.63, 3.8) is 0 Å². The van der Waals surface area contributed by atoms with E-state index >= 15 is 0 Å². The maximum absolute atomic E-state index is 13.0. The van der Waals surface area contributed by atoms with E-state index < -0.39 is 0 Å². The first-order valence-corrected chi connectivity index (χ1v) is 10.5. The number of rotatable bonds is 7. The molecule has 1 aromatic carbocycles. The fraction of sp³-hybridized carbons (Fsp3) is 0.273. The summed E-state index contributed by atoms with van der Waals surface area (Å²) < 4.78 is 24.3. The summed E-state index contributed by atoms with van der Waals surface area (Å²) in [6.45, 7) is 3.73. The zero-order valence-electron chi connectivity index (χ0n) is 16.3. The van der Waals surface area contributed by atoms with Gasteiger partial charge >= 0.3 is 0 Å². The monoisotopic (exact) mass is 424 g/mol. The molecule has 1 atom stereocenters. The van der Waals surface area contributed by atoms with E-state index in [0.29, 0.717) is 31.5 Å². The average molecular weight is 425 g/mol. The van der Waals surface area contributed by atoms with Gasteiger partial charge in [0.2, 0.25) is 17.5 Å². The number of nitrogens with one attached hydrogen (secondary N) is 1. The highest BCUT2D eigenvalue weighted by Gasteiger charge is 2.24. The fourth-order valence-electron chi connectivity index (χ4n) is 3.31. The van der Waals surface area contributed by atoms with Crippen LogP contribution in [0.4, 0.5) is 10.3 Å². The molecule has 8 heteroatoms. The zero-order chi connectivity index (χ0) is 20.8. The van der Waals surface area contributed by atoms with Crippen molar-refractivity contribution >= 4 is 29.4 Å². The molecule has 1 fully saturated rings. The molecule has 1 N–H and O–H groups in total. The molecule has 0 amide bonds. The van der Waals surface area contributed by atoms with Crippen LogP contribution in [-0.2, 0) is 4.74 Å². The van der Waals surface area contributed by atoms with Crippen LogP contribution >= 0.6 is 11.3 Å². The van der Waals surface area contributed by atoms with Crippen molar-refractivity contribution in [2.75, 3.05) is 38.2 Å². The lowest BCUT2D eigenvalue weighted by molar-refractivity contribution is 0.0193. The number of benzene rings is 1. The molecule has 0 spiro atoms. The van der Waals surface area contributed by atoms with Crippen molar-refractivity contribution < 1.29 is 13.5 Å². The van der Waals surface area contributed by atoms with E-state index in [9.17, 15) is 9.65 Å². The predicted octanol–water partition coefficient (Wildman–Crippen LogP) is 4.40. The Balaban J connectivity index is 1.47. The van der Waals surface area contributed by atoms with Gasteiger partial charge in [-0.05, 0) is 35.2 Å². The van der Waals surface area contributed by atoms with Gasteiger partial charge in [-0.1, -0.05) is 18.2 Å². The van der Waals surface area contributed by atoms with Crippen LogP contribution < -0.4 is 5.32 Å². The number of hydrogen-bond acceptors (Lipinski definition) is 7. The third-order valence-electron chi connectivity index (χ3n) is 4.85. The molecule has 2 aromatic heterocycles. The van der Waals surface area contributed by atoms with Crippen LogP contribution in [0.25, 0.3) is 12.2 Å². The highest BCUT2D eigenvalue weighted by atomic mass is 32.1. The van der Waals surface area contributed by atoms with Crippen LogP contribution in [-0.4, -0.2) is 42.7 Å². The molecule has 4 rings (SSSR count). The Labute approximate surface area is 178 Å². The van der Waals surface area contributed by atoms with Gasteiger partial charge in [0.15, 0.2) is 0 Å². The molecule has 154 valence electrons. The molecule has 30 heavy (non-hydrogen) atoms. The molecule has 0 radical (unpaired) electrons. The number of thiophene rings is 1. The predicted molar refractivity (Wildman–Crippen MR) is 114 cm³/mol. The maximum Gasteiger partial charge on any atom is 0.232 e. The Bertz CT molecular complexity index is 1020. The topological polar surface area (TPSA) is 74.3 Å². The lowest BCUT2D eigenvalue weighted by Gasteiger charge is -2.34. The number of morpholine rings is 1. The molecule has 1 saturated heterocycles. The molecule has 1 aliphatic rings. The first-order chi connectivity index (χ1) is 14.7. The van der Waals surface area contributed by atoms with Gasteiger partial charge in [-0.3, -0.25) is 4.90 Å². The van der Waals surface area contributed by atoms with E-state index in [2.05, 4.69) is 32.7 Å². The van der Waals surface area contributed by atoms with Crippen LogP contribution in [0, 0.1) is 17.1 Å². The normalized spacial score (nSPS) is 15.9. The van der Waals surface area contributed by atoms with Gasteiger partial charge < -0.3 is 14.5 Å². The number of anilines is 1. The number of nitriles is 1. The Morgan fingerprint density at radius 2 is 2.03 bits per heavy atom. The van der Waals surface area contributed by atoms with E-state index in [1.807, 2.05) is 6.07 Å². The average Bonchev–Trinajstić information content (AvgIpc) is 3.44. The molecule has 1 aliphatic heterocycles. The summed E-state index contributed by atoms with van der Waals surface area (Å²) in [5.41, 5.74) is 1.02. The van der Waals surface area contributed by atoms with Crippen LogP contribution in [0.5, 0.6) is 0 Å². The fourth-order valence-corrected chi connectivity index (χ4v) is 4.17. The van der Waals surface area contributed by atoms with Crippen molar-refractivity contribution in [2.24, 2.45) is 0 Å². The molecule has 3 aromatic rings. The number of nitrogens with zero attached hydrogens (tertiary/aromatic N) is 3. The maximum atomic E-state index is 13.0. The molecule has 1 unspecified atom stereocenters. The molecule has 6 nitrogen and oxygen atoms in total. The number of oxazole rings is 1. The lowest BCUT2D eigenvalue weighted by Crippen LogP contribution is -2.41. The Morgan fingerprint density at radius 3 is 2.73 bits per heavy atom. The van der Waals surface area contributed by atoms with Crippen LogP contribution in [0.15, 0.2) is 46.2 Å². The quantitative estimate of drug-likeness (QED) is 0.606. The third kappa shape index (κ3) is 4.94. The van der Waals surface area contributed by atoms with Gasteiger partial charge in [0.25, 0.3) is 0 Å². The van der Waals surface area contributed by atoms with E-state index in [0.717, 1.165) is 18.7 Å². The number of halogens is 1. The van der Waals surface area contributed by atoms with Crippen molar-refractivity contribution in [1.29, 1.82) is 5.26 Å². The van der Waals surface area contributed by atoms with Crippen LogP contribution in [0.3, 0.4) is 0 Å². The summed E-state index contributed by atoms with van der Waals surface area (Å²) in [5, 5.41) is 14.8. The standard InChI is InChI=1S/C22H21FN4O2S/c23-17-6-3-16(4-7-17)5-8-21-26-18(14-24)22(29-21)25-15-19(20-2-1-13-30-20)27-9-11-28-12-10-27/h1-8,13,19,25H,9-12,15H2/b8-5+. The number of ether oxygens (including phenoxy) is 1. The molecular weight excluding hydrogens is 403 g/mol. The second-order valence-corrected chi connectivity index (χ2v) is 7.77. The first kappa shape index (κ1) is 20.3. The van der Waals surface area contributed by atoms with Crippen molar-refractivity contribution in [3.8, 4) is 6.07 Å². The van der Waals surface area contributed by atoms with Crippen LogP contribution in [0.2, 0.25) is 0 Å². The zero-order valence-corrected chi connectivity index (χ0v) is 17.1. The van der Waals surface area contributed by atoms with E-state index in [1.54, 1.807) is 35.6 Å². The molecule has 0 aliphatic carbocycles. The smallest absolute Gasteiger partial charge is 0.232 e. The van der Waals surface area contributed by atoms with Gasteiger partial charge in [0.05, 0.1) is 19.3 Å². The van der Waals surface area contributed by atoms with Gasteiger partial charge in [-0.25, -0.2) is 4.39 Å². The van der Waals surface area contributed by atoms with E-state index in [1.165, 1.54) is 17.0 Å². The summed E-state index contributed by atoms with van der Waals surface area (Å²) in [4.78, 5) is 7.86. The summed E-state index contributed by atoms with van der Waals surface area (Å²) >= 11 is 1.71. The van der Waals surface area contributed by atoms with Gasteiger partial charge in [0, 0.05) is 30.6 Å². The van der Waals surface area contributed by atoms with E-state index in [4.69, 9.17) is 9.15 Å². The summed E-state index contributed by atoms with van der Waals surface area (Å²) in [6.07, 6.45) is 3.43. The minimum absolute atomic E-state index is 0.156. The molecule has 0 bridgehead atoms. The summed E-state index contributed by atoms with van der Waals surface area (Å²) in [6, 6.07) is 12.5. The number of hydrogen-bond donors (Lipinski definition) is 1. The van der Waals surface area contributed by atoms with Gasteiger partial charge in [0.1, 0.15) is 11.9 Å². The Kier molecular flexibility index (Phi) is 6.54. The molecule has 3 heterocycles. The number of aromatic nitrogens is 1. The van der Waals surface area contributed by atoms with Crippen molar-refractivity contribution in [3.05, 3.63) is 69.6 Å². The second kappa shape index (κ2) is 9.67. The Hall–Kier alpha value is -2.99. The molecule has 0 saturated carbocycles. The molecular formula is C22H21FN4O2S. The van der Waals surface area contributed by atoms with Crippen LogP contribution in [0.1, 0.15) is 28.1 Å². The summed E-state index contributed by atoms with van der Waals surface area (Å²) in [5.74, 6) is 0.380. The highest BCUT2D eigenvalue weighted by Crippen LogP contribution is 2.27. The lowest BCUT2D eigenvalue weighted by atomic mass is 10.2. The van der Waals surface area contributed by atoms with E-state index in [-0.39, 0.29) is 17.6 Å². The second-order valence-electron chi connectivity index (χ2n) is 6.79. The highest BCUT2D eigenvalue weighted by molar-refractivity contribution is 7.10. The summed E-state index contributed by atoms with van der Waals surface area (Å²) in [7, 11) is 0. The minimum atomic E-state index is -0.290. The third-order valence-corrected chi connectivity index (χ3v) is 5.83. The van der Waals surface area contributed by atoms with Crippen molar-refractivity contribution in [1.82, 2.24) is 9.88 Å². The first-order valence-electron chi connectivity index (χ1n) is 9.66. The van der Waals surface area contributed by atoms with Gasteiger partial charge in [-0.2, -0.15) is 10.2 Å². The SMILES string of the molecule is N#Cc1nc(/C=C/c2ccc(F)cc2)oc1NCC(c1cccs1)N1CCOCC1. The van der Waals surface area contributed by atoms with Gasteiger partial charge in [-0.15, -0.1) is 11.3 Å². The minimum Gasteiger partial charge on any atom is -0.420 e.